The van der Waals surface area contributed by atoms with Crippen molar-refractivity contribution in [3.05, 3.63) is 48.0 Å². The van der Waals surface area contributed by atoms with Gasteiger partial charge in [0, 0.05) is 44.6 Å². The van der Waals surface area contributed by atoms with Crippen molar-refractivity contribution in [1.29, 1.82) is 0 Å². The number of aliphatic imine (C=N–C) groups is 1. The fourth-order valence-corrected chi connectivity index (χ4v) is 2.44. The van der Waals surface area contributed by atoms with E-state index >= 15 is 0 Å². The first-order valence-corrected chi connectivity index (χ1v) is 8.85. The summed E-state index contributed by atoms with van der Waals surface area (Å²) in [5, 5.41) is 6.70. The number of ether oxygens (including phenoxy) is 1. The van der Waals surface area contributed by atoms with E-state index < -0.39 is 0 Å². The molecule has 6 heteroatoms. The van der Waals surface area contributed by atoms with Gasteiger partial charge in [0.15, 0.2) is 5.96 Å². The molecule has 2 rings (SSSR count). The van der Waals surface area contributed by atoms with Crippen LogP contribution in [0.2, 0.25) is 0 Å². The van der Waals surface area contributed by atoms with Crippen LogP contribution in [0.5, 0.6) is 5.75 Å². The zero-order chi connectivity index (χ0) is 17.9. The Morgan fingerprint density at radius 2 is 2.20 bits per heavy atom. The van der Waals surface area contributed by atoms with Crippen LogP contribution >= 0.6 is 0 Å². The van der Waals surface area contributed by atoms with Gasteiger partial charge in [0.1, 0.15) is 5.75 Å². The summed E-state index contributed by atoms with van der Waals surface area (Å²) < 4.78 is 7.93. The molecule has 0 fully saturated rings. The van der Waals surface area contributed by atoms with Crippen LogP contribution < -0.4 is 15.4 Å². The molecule has 0 aliphatic rings. The van der Waals surface area contributed by atoms with Crippen molar-refractivity contribution in [2.75, 3.05) is 20.2 Å². The molecule has 0 aliphatic carbocycles. The Labute approximate surface area is 150 Å². The lowest BCUT2D eigenvalue weighted by atomic mass is 10.1. The number of aryl methyl sites for hydroxylation is 2. The zero-order valence-corrected chi connectivity index (χ0v) is 15.5. The van der Waals surface area contributed by atoms with E-state index in [1.54, 1.807) is 13.2 Å². The monoisotopic (exact) mass is 343 g/mol. The first kappa shape index (κ1) is 18.8. The van der Waals surface area contributed by atoms with Gasteiger partial charge in [-0.2, -0.15) is 0 Å². The van der Waals surface area contributed by atoms with E-state index in [1.807, 2.05) is 12.5 Å². The molecule has 1 aromatic carbocycles. The number of nitrogens with one attached hydrogen (secondary N) is 2. The molecule has 2 N–H and O–H groups in total. The van der Waals surface area contributed by atoms with Crippen molar-refractivity contribution >= 4 is 5.96 Å². The molecule has 0 saturated heterocycles. The molecule has 0 saturated carbocycles. The van der Waals surface area contributed by atoms with Gasteiger partial charge < -0.3 is 19.9 Å². The molecule has 25 heavy (non-hydrogen) atoms. The quantitative estimate of drug-likeness (QED) is 0.417. The molecule has 6 nitrogen and oxygen atoms in total. The molecule has 136 valence electrons. The van der Waals surface area contributed by atoms with E-state index in [1.165, 1.54) is 5.56 Å². The van der Waals surface area contributed by atoms with Crippen LogP contribution in [0.3, 0.4) is 0 Å². The first-order valence-electron chi connectivity index (χ1n) is 8.85. The number of aromatic nitrogens is 2. The second kappa shape index (κ2) is 10.4. The average molecular weight is 343 g/mol. The van der Waals surface area contributed by atoms with E-state index in [0.717, 1.165) is 49.8 Å². The summed E-state index contributed by atoms with van der Waals surface area (Å²) in [6.45, 7) is 7.40. The molecule has 1 heterocycles. The molecule has 0 atom stereocenters. The highest BCUT2D eigenvalue weighted by Crippen LogP contribution is 2.20. The third kappa shape index (κ3) is 6.49. The summed E-state index contributed by atoms with van der Waals surface area (Å²) in [7, 11) is 1.79. The Kier molecular flexibility index (Phi) is 7.82. The smallest absolute Gasteiger partial charge is 0.191 e. The second-order valence-corrected chi connectivity index (χ2v) is 5.97. The number of imidazole rings is 1. The first-order chi connectivity index (χ1) is 12.2. The van der Waals surface area contributed by atoms with Crippen LogP contribution in [0, 0.1) is 6.92 Å². The van der Waals surface area contributed by atoms with Crippen LogP contribution in [0.4, 0.5) is 0 Å². The van der Waals surface area contributed by atoms with Gasteiger partial charge in [-0.25, -0.2) is 4.98 Å². The van der Waals surface area contributed by atoms with Crippen LogP contribution in [0.15, 0.2) is 41.9 Å². The largest absolute Gasteiger partial charge is 0.493 e. The lowest BCUT2D eigenvalue weighted by molar-refractivity contribution is 0.313. The summed E-state index contributed by atoms with van der Waals surface area (Å²) in [6.07, 6.45) is 7.62. The number of benzene rings is 1. The maximum Gasteiger partial charge on any atom is 0.191 e. The third-order valence-corrected chi connectivity index (χ3v) is 3.80. The van der Waals surface area contributed by atoms with Gasteiger partial charge in [-0.15, -0.1) is 0 Å². The Balaban J connectivity index is 1.79. The minimum Gasteiger partial charge on any atom is -0.493 e. The Morgan fingerprint density at radius 3 is 2.92 bits per heavy atom. The minimum atomic E-state index is 0.681. The standard InChI is InChI=1S/C19H29N5O/c1-4-12-25-18-13-16(2)6-7-17(18)14-23-19(20-3)22-8-5-10-24-11-9-21-15-24/h6-7,9,11,13,15H,4-5,8,10,12,14H2,1-3H3,(H2,20,22,23). The van der Waals surface area contributed by atoms with Crippen molar-refractivity contribution in [3.63, 3.8) is 0 Å². The van der Waals surface area contributed by atoms with Crippen molar-refractivity contribution < 1.29 is 4.74 Å². The van der Waals surface area contributed by atoms with E-state index in [-0.39, 0.29) is 0 Å². The van der Waals surface area contributed by atoms with Crippen molar-refractivity contribution in [1.82, 2.24) is 20.2 Å². The Morgan fingerprint density at radius 1 is 1.32 bits per heavy atom. The summed E-state index contributed by atoms with van der Waals surface area (Å²) in [5.41, 5.74) is 2.34. The molecule has 0 spiro atoms. The predicted molar refractivity (Wildman–Crippen MR) is 102 cm³/mol. The second-order valence-electron chi connectivity index (χ2n) is 5.97. The van der Waals surface area contributed by atoms with E-state index in [9.17, 15) is 0 Å². The van der Waals surface area contributed by atoms with Gasteiger partial charge in [0.05, 0.1) is 12.9 Å². The van der Waals surface area contributed by atoms with Crippen molar-refractivity contribution in [2.24, 2.45) is 4.99 Å². The van der Waals surface area contributed by atoms with Gasteiger partial charge in [-0.1, -0.05) is 19.1 Å². The maximum atomic E-state index is 5.86. The summed E-state index contributed by atoms with van der Waals surface area (Å²) in [6, 6.07) is 6.31. The fourth-order valence-electron chi connectivity index (χ4n) is 2.44. The van der Waals surface area contributed by atoms with Crippen LogP contribution in [0.1, 0.15) is 30.9 Å². The van der Waals surface area contributed by atoms with Gasteiger partial charge in [0.2, 0.25) is 0 Å². The summed E-state index contributed by atoms with van der Waals surface area (Å²) in [5.74, 6) is 1.75. The van der Waals surface area contributed by atoms with E-state index in [0.29, 0.717) is 6.54 Å². The molecule has 2 aromatic rings. The zero-order valence-electron chi connectivity index (χ0n) is 15.5. The highest BCUT2D eigenvalue weighted by atomic mass is 16.5. The summed E-state index contributed by atoms with van der Waals surface area (Å²) in [4.78, 5) is 8.33. The molecule has 0 radical (unpaired) electrons. The maximum absolute atomic E-state index is 5.86. The van der Waals surface area contributed by atoms with Crippen LogP contribution in [0.25, 0.3) is 0 Å². The molecular weight excluding hydrogens is 314 g/mol. The van der Waals surface area contributed by atoms with Gasteiger partial charge in [-0.05, 0) is 31.4 Å². The number of hydrogen-bond acceptors (Lipinski definition) is 3. The lowest BCUT2D eigenvalue weighted by Crippen LogP contribution is -2.37. The SMILES string of the molecule is CCCOc1cc(C)ccc1CNC(=NC)NCCCn1ccnc1. The Bertz CT molecular complexity index is 652. The third-order valence-electron chi connectivity index (χ3n) is 3.80. The molecule has 0 aliphatic heterocycles. The molecule has 1 aromatic heterocycles. The minimum absolute atomic E-state index is 0.681. The summed E-state index contributed by atoms with van der Waals surface area (Å²) >= 11 is 0. The van der Waals surface area contributed by atoms with Crippen LogP contribution in [-0.4, -0.2) is 35.7 Å². The normalized spacial score (nSPS) is 11.4. The number of rotatable bonds is 9. The highest BCUT2D eigenvalue weighted by Gasteiger charge is 2.05. The number of guanidine groups is 1. The molecule has 0 unspecified atom stereocenters. The number of hydrogen-bond donors (Lipinski definition) is 2. The van der Waals surface area contributed by atoms with Crippen LogP contribution in [-0.2, 0) is 13.1 Å². The van der Waals surface area contributed by atoms with Crippen molar-refractivity contribution in [3.8, 4) is 5.75 Å². The van der Waals surface area contributed by atoms with E-state index in [2.05, 4.69) is 57.2 Å². The van der Waals surface area contributed by atoms with Gasteiger partial charge in [-0.3, -0.25) is 4.99 Å². The fraction of sp³-hybridized carbons (Fsp3) is 0.474. The molecule has 0 bridgehead atoms. The number of nitrogens with zero attached hydrogens (tertiary/aromatic N) is 3. The topological polar surface area (TPSA) is 63.5 Å². The highest BCUT2D eigenvalue weighted by molar-refractivity contribution is 5.79. The molecular formula is C19H29N5O. The van der Waals surface area contributed by atoms with Gasteiger partial charge in [0.25, 0.3) is 0 Å². The lowest BCUT2D eigenvalue weighted by Gasteiger charge is -2.15. The average Bonchev–Trinajstić information content (AvgIpc) is 3.14. The van der Waals surface area contributed by atoms with E-state index in [4.69, 9.17) is 4.74 Å². The predicted octanol–water partition coefficient (Wildman–Crippen LogP) is 2.74. The molecule has 0 amide bonds. The Hall–Kier alpha value is -2.50. The van der Waals surface area contributed by atoms with Gasteiger partial charge >= 0.3 is 0 Å². The van der Waals surface area contributed by atoms with Crippen molar-refractivity contribution in [2.45, 2.75) is 39.8 Å².